The molecule has 6 heteroatoms. The lowest BCUT2D eigenvalue weighted by atomic mass is 9.95. The summed E-state index contributed by atoms with van der Waals surface area (Å²) in [6.45, 7) is 2.64. The molecule has 1 aromatic carbocycles. The molecule has 0 saturated heterocycles. The molecule has 21 heavy (non-hydrogen) atoms. The van der Waals surface area contributed by atoms with Crippen LogP contribution >= 0.6 is 0 Å². The van der Waals surface area contributed by atoms with Gasteiger partial charge in [-0.2, -0.15) is 0 Å². The second-order valence-electron chi connectivity index (χ2n) is 5.44. The molecule has 2 N–H and O–H groups in total. The van der Waals surface area contributed by atoms with Crippen molar-refractivity contribution >= 4 is 5.91 Å². The number of benzene rings is 1. The van der Waals surface area contributed by atoms with Crippen molar-refractivity contribution in [3.05, 3.63) is 47.5 Å². The molecule has 2 atom stereocenters. The van der Waals surface area contributed by atoms with Crippen molar-refractivity contribution in [1.29, 1.82) is 0 Å². The highest BCUT2D eigenvalue weighted by atomic mass is 16.2. The molecule has 2 heterocycles. The number of hydrogen-bond acceptors (Lipinski definition) is 4. The van der Waals surface area contributed by atoms with E-state index >= 15 is 0 Å². The first-order chi connectivity index (χ1) is 10.1. The Hall–Kier alpha value is -2.21. The quantitative estimate of drug-likeness (QED) is 0.871. The fraction of sp³-hybridized carbons (Fsp3) is 0.400. The minimum atomic E-state index is -0.199. The monoisotopic (exact) mass is 285 g/mol. The highest BCUT2D eigenvalue weighted by Crippen LogP contribution is 2.17. The van der Waals surface area contributed by atoms with Crippen molar-refractivity contribution in [2.45, 2.75) is 32.0 Å². The van der Waals surface area contributed by atoms with E-state index in [-0.39, 0.29) is 18.0 Å². The summed E-state index contributed by atoms with van der Waals surface area (Å²) in [7, 11) is 1.87. The maximum atomic E-state index is 12.4. The van der Waals surface area contributed by atoms with Crippen LogP contribution in [0.5, 0.6) is 0 Å². The molecular weight excluding hydrogens is 266 g/mol. The Labute approximate surface area is 123 Å². The highest BCUT2D eigenvalue weighted by Gasteiger charge is 2.25. The van der Waals surface area contributed by atoms with E-state index in [9.17, 15) is 4.79 Å². The van der Waals surface area contributed by atoms with E-state index in [1.807, 2.05) is 30.7 Å². The third kappa shape index (κ3) is 2.80. The Balaban J connectivity index is 1.66. The normalized spacial score (nSPS) is 18.9. The van der Waals surface area contributed by atoms with Crippen LogP contribution in [-0.2, 0) is 24.8 Å². The van der Waals surface area contributed by atoms with Crippen LogP contribution < -0.4 is 10.6 Å². The summed E-state index contributed by atoms with van der Waals surface area (Å²) in [5.41, 5.74) is 2.51. The Kier molecular flexibility index (Phi) is 3.70. The number of fused-ring (bicyclic) bond motifs is 1. The van der Waals surface area contributed by atoms with E-state index in [2.05, 4.69) is 33.0 Å². The molecule has 0 radical (unpaired) electrons. The predicted molar refractivity (Wildman–Crippen MR) is 78.3 cm³/mol. The van der Waals surface area contributed by atoms with E-state index in [0.29, 0.717) is 6.42 Å². The molecule has 0 fully saturated rings. The van der Waals surface area contributed by atoms with Crippen molar-refractivity contribution < 1.29 is 4.79 Å². The summed E-state index contributed by atoms with van der Waals surface area (Å²) < 4.78 is 1.81. The first-order valence-corrected chi connectivity index (χ1v) is 7.09. The van der Waals surface area contributed by atoms with E-state index < -0.39 is 0 Å². The number of rotatable bonds is 3. The standard InChI is InChI=1S/C15H19N5O/c1-10(14-19-17-9-20(14)2)18-15(21)13-7-11-5-3-4-6-12(11)8-16-13/h3-6,9-10,13,16H,7-8H2,1-2H3,(H,18,21)/t10?,13-/m0/s1. The molecule has 0 saturated carbocycles. The third-order valence-electron chi connectivity index (χ3n) is 3.89. The summed E-state index contributed by atoms with van der Waals surface area (Å²) >= 11 is 0. The van der Waals surface area contributed by atoms with E-state index in [1.54, 1.807) is 6.33 Å². The molecule has 1 aromatic heterocycles. The number of carbonyl (C=O) groups is 1. The summed E-state index contributed by atoms with van der Waals surface area (Å²) in [5.74, 6) is 0.750. The van der Waals surface area contributed by atoms with Gasteiger partial charge in [-0.1, -0.05) is 24.3 Å². The number of hydrogen-bond donors (Lipinski definition) is 2. The first-order valence-electron chi connectivity index (χ1n) is 7.09. The SMILES string of the molecule is CC(NC(=O)[C@@H]1Cc2ccccc2CN1)c1nncn1C. The third-order valence-corrected chi connectivity index (χ3v) is 3.89. The van der Waals surface area contributed by atoms with Crippen LogP contribution in [0.4, 0.5) is 0 Å². The molecule has 110 valence electrons. The molecule has 1 aliphatic rings. The van der Waals surface area contributed by atoms with Crippen molar-refractivity contribution in [1.82, 2.24) is 25.4 Å². The number of nitrogens with one attached hydrogen (secondary N) is 2. The second-order valence-corrected chi connectivity index (χ2v) is 5.44. The van der Waals surface area contributed by atoms with Crippen LogP contribution in [-0.4, -0.2) is 26.7 Å². The van der Waals surface area contributed by atoms with Gasteiger partial charge in [0.15, 0.2) is 5.82 Å². The van der Waals surface area contributed by atoms with Gasteiger partial charge in [-0.25, -0.2) is 0 Å². The lowest BCUT2D eigenvalue weighted by Crippen LogP contribution is -2.48. The zero-order valence-electron chi connectivity index (χ0n) is 12.2. The fourth-order valence-corrected chi connectivity index (χ4v) is 2.70. The first kappa shape index (κ1) is 13.8. The number of aromatic nitrogens is 3. The van der Waals surface area contributed by atoms with Gasteiger partial charge in [-0.05, 0) is 24.5 Å². The van der Waals surface area contributed by atoms with Gasteiger partial charge in [0.05, 0.1) is 12.1 Å². The smallest absolute Gasteiger partial charge is 0.238 e. The topological polar surface area (TPSA) is 71.8 Å². The van der Waals surface area contributed by atoms with Crippen LogP contribution in [0.3, 0.4) is 0 Å². The average Bonchev–Trinajstić information content (AvgIpc) is 2.93. The maximum Gasteiger partial charge on any atom is 0.238 e. The highest BCUT2D eigenvalue weighted by molar-refractivity contribution is 5.82. The zero-order valence-corrected chi connectivity index (χ0v) is 12.2. The summed E-state index contributed by atoms with van der Waals surface area (Å²) in [4.78, 5) is 12.4. The van der Waals surface area contributed by atoms with Gasteiger partial charge >= 0.3 is 0 Å². The zero-order chi connectivity index (χ0) is 14.8. The Morgan fingerprint density at radius 1 is 1.43 bits per heavy atom. The van der Waals surface area contributed by atoms with E-state index in [0.717, 1.165) is 12.4 Å². The van der Waals surface area contributed by atoms with Gasteiger partial charge in [-0.3, -0.25) is 4.79 Å². The minimum absolute atomic E-state index is 0.00000283. The molecule has 2 aromatic rings. The Bertz CT molecular complexity index is 651. The lowest BCUT2D eigenvalue weighted by molar-refractivity contribution is -0.124. The number of carbonyl (C=O) groups excluding carboxylic acids is 1. The molecular formula is C15H19N5O. The van der Waals surface area contributed by atoms with Gasteiger partial charge in [0.2, 0.25) is 5.91 Å². The van der Waals surface area contributed by atoms with Gasteiger partial charge in [0, 0.05) is 13.6 Å². The van der Waals surface area contributed by atoms with Crippen molar-refractivity contribution in [2.24, 2.45) is 7.05 Å². The van der Waals surface area contributed by atoms with Crippen molar-refractivity contribution in [2.75, 3.05) is 0 Å². The van der Waals surface area contributed by atoms with Crippen molar-refractivity contribution in [3.8, 4) is 0 Å². The van der Waals surface area contributed by atoms with Gasteiger partial charge in [0.1, 0.15) is 6.33 Å². The average molecular weight is 285 g/mol. The summed E-state index contributed by atoms with van der Waals surface area (Å²) in [6.07, 6.45) is 2.35. The molecule has 1 amide bonds. The molecule has 6 nitrogen and oxygen atoms in total. The molecule has 0 bridgehead atoms. The molecule has 1 aliphatic heterocycles. The van der Waals surface area contributed by atoms with Crippen LogP contribution in [0.2, 0.25) is 0 Å². The largest absolute Gasteiger partial charge is 0.345 e. The van der Waals surface area contributed by atoms with Crippen molar-refractivity contribution in [3.63, 3.8) is 0 Å². The van der Waals surface area contributed by atoms with Crippen LogP contribution in [0.25, 0.3) is 0 Å². The molecule has 0 aliphatic carbocycles. The Morgan fingerprint density at radius 2 is 2.19 bits per heavy atom. The number of aryl methyl sites for hydroxylation is 1. The summed E-state index contributed by atoms with van der Waals surface area (Å²) in [6, 6.07) is 7.86. The second kappa shape index (κ2) is 5.65. The maximum absolute atomic E-state index is 12.4. The summed E-state index contributed by atoms with van der Waals surface area (Å²) in [5, 5.41) is 14.2. The van der Waals surface area contributed by atoms with E-state index in [4.69, 9.17) is 0 Å². The van der Waals surface area contributed by atoms with Gasteiger partial charge in [-0.15, -0.1) is 10.2 Å². The fourth-order valence-electron chi connectivity index (χ4n) is 2.70. The van der Waals surface area contributed by atoms with E-state index in [1.165, 1.54) is 11.1 Å². The lowest BCUT2D eigenvalue weighted by Gasteiger charge is -2.26. The van der Waals surface area contributed by atoms with Gasteiger partial charge in [0.25, 0.3) is 0 Å². The number of amides is 1. The number of nitrogens with zero attached hydrogens (tertiary/aromatic N) is 3. The minimum Gasteiger partial charge on any atom is -0.345 e. The molecule has 0 spiro atoms. The van der Waals surface area contributed by atoms with Crippen LogP contribution in [0, 0.1) is 0 Å². The predicted octanol–water partition coefficient (Wildman–Crippen LogP) is 0.707. The molecule has 3 rings (SSSR count). The van der Waals surface area contributed by atoms with Crippen LogP contribution in [0.1, 0.15) is 29.9 Å². The van der Waals surface area contributed by atoms with Gasteiger partial charge < -0.3 is 15.2 Å². The molecule has 1 unspecified atom stereocenters. The Morgan fingerprint density at radius 3 is 2.90 bits per heavy atom. The van der Waals surface area contributed by atoms with Crippen LogP contribution in [0.15, 0.2) is 30.6 Å².